The van der Waals surface area contributed by atoms with Crippen molar-refractivity contribution in [3.05, 3.63) is 26.6 Å². The van der Waals surface area contributed by atoms with Crippen LogP contribution in [-0.4, -0.2) is 17.6 Å². The van der Waals surface area contributed by atoms with Gasteiger partial charge in [0.15, 0.2) is 0 Å². The highest BCUT2D eigenvalue weighted by molar-refractivity contribution is 14.1. The van der Waals surface area contributed by atoms with Crippen molar-refractivity contribution >= 4 is 28.6 Å². The molecule has 0 bridgehead atoms. The van der Waals surface area contributed by atoms with E-state index in [9.17, 15) is 26.7 Å². The molecule has 0 aromatic carbocycles. The number of hydrogen-bond donors (Lipinski definition) is 0. The van der Waals surface area contributed by atoms with Crippen LogP contribution in [0.4, 0.5) is 22.0 Å². The van der Waals surface area contributed by atoms with Crippen LogP contribution in [0.1, 0.15) is 35.0 Å². The van der Waals surface area contributed by atoms with Gasteiger partial charge in [-0.05, 0) is 35.6 Å². The topological polar surface area (TPSA) is 39.2 Å². The zero-order valence-electron chi connectivity index (χ0n) is 9.39. The molecular formula is C10H7F5INO2. The zero-order valence-corrected chi connectivity index (χ0v) is 11.6. The van der Waals surface area contributed by atoms with Gasteiger partial charge in [0, 0.05) is 5.56 Å². The van der Waals surface area contributed by atoms with Crippen molar-refractivity contribution in [2.45, 2.75) is 19.5 Å². The number of nitrogens with zero attached hydrogens (tertiary/aromatic N) is 1. The van der Waals surface area contributed by atoms with Crippen LogP contribution < -0.4 is 0 Å². The maximum Gasteiger partial charge on any atom is 0.419 e. The number of hydrogen-bond acceptors (Lipinski definition) is 3. The summed E-state index contributed by atoms with van der Waals surface area (Å²) in [6.45, 7) is 1.43. The molecule has 0 aliphatic rings. The molecule has 0 atom stereocenters. The number of carbonyl (C=O) groups is 1. The molecule has 0 amide bonds. The minimum atomic E-state index is -4.97. The van der Waals surface area contributed by atoms with Crippen molar-refractivity contribution < 1.29 is 31.5 Å². The fourth-order valence-corrected chi connectivity index (χ4v) is 2.17. The summed E-state index contributed by atoms with van der Waals surface area (Å²) in [5.41, 5.74) is -3.39. The number of esters is 1. The van der Waals surface area contributed by atoms with Gasteiger partial charge in [-0.3, -0.25) is 0 Å². The van der Waals surface area contributed by atoms with E-state index in [1.165, 1.54) is 6.92 Å². The van der Waals surface area contributed by atoms with Crippen molar-refractivity contribution in [3.63, 3.8) is 0 Å². The Kier molecular flexibility index (Phi) is 5.04. The molecule has 1 aromatic heterocycles. The van der Waals surface area contributed by atoms with E-state index >= 15 is 0 Å². The van der Waals surface area contributed by atoms with Crippen LogP contribution in [0.15, 0.2) is 6.07 Å². The first-order chi connectivity index (χ1) is 8.68. The summed E-state index contributed by atoms with van der Waals surface area (Å²) in [7, 11) is 0. The van der Waals surface area contributed by atoms with Gasteiger partial charge in [-0.15, -0.1) is 0 Å². The second-order valence-corrected chi connectivity index (χ2v) is 4.30. The largest absolute Gasteiger partial charge is 0.461 e. The van der Waals surface area contributed by atoms with E-state index in [1.54, 1.807) is 0 Å². The second kappa shape index (κ2) is 5.97. The van der Waals surface area contributed by atoms with Gasteiger partial charge < -0.3 is 4.74 Å². The molecule has 1 rings (SSSR count). The van der Waals surface area contributed by atoms with Gasteiger partial charge in [-0.25, -0.2) is 18.6 Å². The van der Waals surface area contributed by atoms with Gasteiger partial charge in [-0.1, -0.05) is 0 Å². The average molecular weight is 395 g/mol. The maximum atomic E-state index is 12.7. The molecular weight excluding hydrogens is 388 g/mol. The third-order valence-electron chi connectivity index (χ3n) is 2.01. The highest BCUT2D eigenvalue weighted by Crippen LogP contribution is 2.38. The first kappa shape index (κ1) is 16.1. The van der Waals surface area contributed by atoms with Crippen molar-refractivity contribution in [1.29, 1.82) is 0 Å². The second-order valence-electron chi connectivity index (χ2n) is 3.28. The highest BCUT2D eigenvalue weighted by Gasteiger charge is 2.39. The van der Waals surface area contributed by atoms with Crippen LogP contribution in [0.2, 0.25) is 0 Å². The van der Waals surface area contributed by atoms with Crippen molar-refractivity contribution in [2.24, 2.45) is 0 Å². The molecule has 9 heteroatoms. The van der Waals surface area contributed by atoms with Crippen molar-refractivity contribution in [3.8, 4) is 0 Å². The SMILES string of the molecule is CCOC(=O)c1cc(C(F)F)c(C(F)(F)F)c(I)n1. The summed E-state index contributed by atoms with van der Waals surface area (Å²) in [6, 6.07) is 0.410. The number of alkyl halides is 5. The van der Waals surface area contributed by atoms with Crippen LogP contribution in [-0.2, 0) is 10.9 Å². The van der Waals surface area contributed by atoms with Gasteiger partial charge in [0.25, 0.3) is 6.43 Å². The van der Waals surface area contributed by atoms with Gasteiger partial charge >= 0.3 is 12.1 Å². The summed E-state index contributed by atoms with van der Waals surface area (Å²) < 4.78 is 67.1. The van der Waals surface area contributed by atoms with Crippen molar-refractivity contribution in [2.75, 3.05) is 6.61 Å². The van der Waals surface area contributed by atoms with E-state index < -0.39 is 39.1 Å². The van der Waals surface area contributed by atoms with Crippen LogP contribution >= 0.6 is 22.6 Å². The van der Waals surface area contributed by atoms with Gasteiger partial charge in [0.1, 0.15) is 9.39 Å². The number of ether oxygens (including phenoxy) is 1. The van der Waals surface area contributed by atoms with Crippen molar-refractivity contribution in [1.82, 2.24) is 4.98 Å². The Hall–Kier alpha value is -1.00. The molecule has 0 aliphatic heterocycles. The predicted octanol–water partition coefficient (Wildman–Crippen LogP) is 3.82. The van der Waals surface area contributed by atoms with Crippen LogP contribution in [0, 0.1) is 3.70 Å². The molecule has 106 valence electrons. The minimum absolute atomic E-state index is 0.0396. The monoisotopic (exact) mass is 395 g/mol. The Labute approximate surface area is 118 Å². The van der Waals surface area contributed by atoms with Crippen LogP contribution in [0.25, 0.3) is 0 Å². The number of pyridine rings is 1. The quantitative estimate of drug-likeness (QED) is 0.338. The van der Waals surface area contributed by atoms with E-state index in [-0.39, 0.29) is 6.61 Å². The van der Waals surface area contributed by atoms with E-state index in [4.69, 9.17) is 0 Å². The summed E-state index contributed by atoms with van der Waals surface area (Å²) in [4.78, 5) is 14.7. The Bertz CT molecular complexity index is 490. The Morgan fingerprint density at radius 1 is 1.47 bits per heavy atom. The van der Waals surface area contributed by atoms with E-state index in [1.807, 2.05) is 0 Å². The first-order valence-electron chi connectivity index (χ1n) is 4.91. The third-order valence-corrected chi connectivity index (χ3v) is 2.79. The smallest absolute Gasteiger partial charge is 0.419 e. The molecule has 0 unspecified atom stereocenters. The molecule has 0 saturated heterocycles. The highest BCUT2D eigenvalue weighted by atomic mass is 127. The van der Waals surface area contributed by atoms with E-state index in [2.05, 4.69) is 9.72 Å². The molecule has 0 N–H and O–H groups in total. The molecule has 0 aliphatic carbocycles. The summed E-state index contributed by atoms with van der Waals surface area (Å²) in [5, 5.41) is 0. The van der Waals surface area contributed by atoms with E-state index in [0.717, 1.165) is 22.6 Å². The lowest BCUT2D eigenvalue weighted by atomic mass is 10.1. The Morgan fingerprint density at radius 3 is 2.47 bits per heavy atom. The number of aromatic nitrogens is 1. The first-order valence-corrected chi connectivity index (χ1v) is 5.99. The average Bonchev–Trinajstić information content (AvgIpc) is 2.26. The Morgan fingerprint density at radius 2 is 2.05 bits per heavy atom. The molecule has 0 fully saturated rings. The van der Waals surface area contributed by atoms with Gasteiger partial charge in [0.2, 0.25) is 0 Å². The maximum absolute atomic E-state index is 12.7. The lowest BCUT2D eigenvalue weighted by Crippen LogP contribution is -2.17. The molecule has 19 heavy (non-hydrogen) atoms. The molecule has 0 saturated carbocycles. The third kappa shape index (κ3) is 3.74. The lowest BCUT2D eigenvalue weighted by Gasteiger charge is -2.15. The summed E-state index contributed by atoms with van der Waals surface area (Å²) in [5.74, 6) is -1.05. The van der Waals surface area contributed by atoms with Gasteiger partial charge in [0.05, 0.1) is 12.2 Å². The fraction of sp³-hybridized carbons (Fsp3) is 0.400. The number of carbonyl (C=O) groups excluding carboxylic acids is 1. The molecule has 0 spiro atoms. The standard InChI is InChI=1S/C10H7F5INO2/c1-2-19-9(18)5-3-4(7(11)12)6(8(16)17-5)10(13,14)15/h3,7H,2H2,1H3. The number of halogens is 6. The summed E-state index contributed by atoms with van der Waals surface area (Å²) in [6.07, 6.45) is -8.34. The molecule has 1 heterocycles. The minimum Gasteiger partial charge on any atom is -0.461 e. The predicted molar refractivity (Wildman–Crippen MR) is 62.9 cm³/mol. The van der Waals surface area contributed by atoms with Crippen LogP contribution in [0.5, 0.6) is 0 Å². The zero-order chi connectivity index (χ0) is 14.8. The number of rotatable bonds is 3. The lowest BCUT2D eigenvalue weighted by molar-refractivity contribution is -0.140. The van der Waals surface area contributed by atoms with Gasteiger partial charge in [-0.2, -0.15) is 13.2 Å². The van der Waals surface area contributed by atoms with E-state index in [0.29, 0.717) is 6.07 Å². The summed E-state index contributed by atoms with van der Waals surface area (Å²) >= 11 is 1.16. The fourth-order valence-electron chi connectivity index (χ4n) is 1.29. The molecule has 0 radical (unpaired) electrons. The Balaban J connectivity index is 3.42. The molecule has 3 nitrogen and oxygen atoms in total. The van der Waals surface area contributed by atoms with Crippen LogP contribution in [0.3, 0.4) is 0 Å². The molecule has 1 aromatic rings. The normalized spacial score (nSPS) is 11.8.